The van der Waals surface area contributed by atoms with Crippen molar-refractivity contribution >= 4 is 23.5 Å². The fourth-order valence-electron chi connectivity index (χ4n) is 1.38. The van der Waals surface area contributed by atoms with Crippen LogP contribution in [0.5, 0.6) is 0 Å². The summed E-state index contributed by atoms with van der Waals surface area (Å²) in [7, 11) is 1.47. The third kappa shape index (κ3) is 2.97. The van der Waals surface area contributed by atoms with Crippen LogP contribution in [0, 0.1) is 0 Å². The van der Waals surface area contributed by atoms with Gasteiger partial charge < -0.3 is 10.4 Å². The molecule has 86 valence electrons. The standard InChI is InChI=1S/C11H12ClNO3/c1-13-10(14)6-8(11(15)16)7-4-2-3-5-9(7)12/h2-5,8H,6H2,1H3,(H,13,14)(H,15,16). The summed E-state index contributed by atoms with van der Waals surface area (Å²) in [6.45, 7) is 0. The van der Waals surface area contributed by atoms with Crippen LogP contribution in [0.4, 0.5) is 0 Å². The Balaban J connectivity index is 2.99. The van der Waals surface area contributed by atoms with E-state index in [0.717, 1.165) is 0 Å². The molecule has 0 aliphatic rings. The number of carboxylic acid groups (broad SMARTS) is 1. The molecular formula is C11H12ClNO3. The van der Waals surface area contributed by atoms with Gasteiger partial charge >= 0.3 is 5.97 Å². The molecule has 5 heteroatoms. The van der Waals surface area contributed by atoms with Gasteiger partial charge in [-0.2, -0.15) is 0 Å². The smallest absolute Gasteiger partial charge is 0.311 e. The highest BCUT2D eigenvalue weighted by Gasteiger charge is 2.24. The number of carboxylic acids is 1. The zero-order valence-electron chi connectivity index (χ0n) is 8.74. The summed E-state index contributed by atoms with van der Waals surface area (Å²) in [4.78, 5) is 22.3. The topological polar surface area (TPSA) is 66.4 Å². The number of halogens is 1. The van der Waals surface area contributed by atoms with Crippen molar-refractivity contribution in [2.75, 3.05) is 7.05 Å². The number of hydrogen-bond donors (Lipinski definition) is 2. The zero-order chi connectivity index (χ0) is 12.1. The first-order chi connectivity index (χ1) is 7.56. The molecule has 1 atom stereocenters. The van der Waals surface area contributed by atoms with E-state index in [0.29, 0.717) is 10.6 Å². The average molecular weight is 242 g/mol. The van der Waals surface area contributed by atoms with Gasteiger partial charge in [0.2, 0.25) is 5.91 Å². The van der Waals surface area contributed by atoms with Crippen LogP contribution in [0.3, 0.4) is 0 Å². The molecule has 0 saturated carbocycles. The predicted octanol–water partition coefficient (Wildman–Crippen LogP) is 1.64. The number of aliphatic carboxylic acids is 1. The second-order valence-electron chi connectivity index (χ2n) is 3.29. The van der Waals surface area contributed by atoms with Crippen LogP contribution in [-0.2, 0) is 9.59 Å². The largest absolute Gasteiger partial charge is 0.481 e. The fourth-order valence-corrected chi connectivity index (χ4v) is 1.64. The maximum absolute atomic E-state index is 11.2. The van der Waals surface area contributed by atoms with Crippen molar-refractivity contribution in [2.45, 2.75) is 12.3 Å². The summed E-state index contributed by atoms with van der Waals surface area (Å²) in [6.07, 6.45) is -0.116. The van der Waals surface area contributed by atoms with E-state index < -0.39 is 11.9 Å². The highest BCUT2D eigenvalue weighted by atomic mass is 35.5. The van der Waals surface area contributed by atoms with Crippen LogP contribution in [-0.4, -0.2) is 24.0 Å². The lowest BCUT2D eigenvalue weighted by molar-refractivity contribution is -0.140. The molecule has 1 aromatic rings. The summed E-state index contributed by atoms with van der Waals surface area (Å²) >= 11 is 5.89. The first-order valence-electron chi connectivity index (χ1n) is 4.74. The van der Waals surface area contributed by atoms with Crippen molar-refractivity contribution in [1.82, 2.24) is 5.32 Å². The van der Waals surface area contributed by atoms with Crippen molar-refractivity contribution < 1.29 is 14.7 Å². The van der Waals surface area contributed by atoms with E-state index in [-0.39, 0.29) is 12.3 Å². The Labute approximate surface area is 98.2 Å². The molecule has 1 rings (SSSR count). The van der Waals surface area contributed by atoms with Gasteiger partial charge in [0.15, 0.2) is 0 Å². The number of carbonyl (C=O) groups is 2. The van der Waals surface area contributed by atoms with E-state index in [1.165, 1.54) is 7.05 Å². The maximum Gasteiger partial charge on any atom is 0.311 e. The third-order valence-corrected chi connectivity index (χ3v) is 2.59. The quantitative estimate of drug-likeness (QED) is 0.842. The number of benzene rings is 1. The monoisotopic (exact) mass is 241 g/mol. The predicted molar refractivity (Wildman–Crippen MR) is 60.5 cm³/mol. The lowest BCUT2D eigenvalue weighted by atomic mass is 9.95. The minimum Gasteiger partial charge on any atom is -0.481 e. The van der Waals surface area contributed by atoms with Crippen LogP contribution in [0.15, 0.2) is 24.3 Å². The SMILES string of the molecule is CNC(=O)CC(C(=O)O)c1ccccc1Cl. The molecule has 0 bridgehead atoms. The summed E-state index contributed by atoms with van der Waals surface area (Å²) in [5, 5.41) is 11.8. The van der Waals surface area contributed by atoms with Crippen molar-refractivity contribution in [1.29, 1.82) is 0 Å². The van der Waals surface area contributed by atoms with Crippen molar-refractivity contribution in [2.24, 2.45) is 0 Å². The van der Waals surface area contributed by atoms with Gasteiger partial charge in [-0.1, -0.05) is 29.8 Å². The highest BCUT2D eigenvalue weighted by molar-refractivity contribution is 6.31. The van der Waals surface area contributed by atoms with Crippen molar-refractivity contribution in [3.05, 3.63) is 34.9 Å². The molecule has 4 nitrogen and oxygen atoms in total. The summed E-state index contributed by atoms with van der Waals surface area (Å²) < 4.78 is 0. The Morgan fingerprint density at radius 3 is 2.56 bits per heavy atom. The summed E-state index contributed by atoms with van der Waals surface area (Å²) in [5.41, 5.74) is 0.459. The highest BCUT2D eigenvalue weighted by Crippen LogP contribution is 2.27. The number of carbonyl (C=O) groups excluding carboxylic acids is 1. The number of amides is 1. The Kier molecular flexibility index (Phi) is 4.31. The molecule has 0 aromatic heterocycles. The molecule has 0 fully saturated rings. The van der Waals surface area contributed by atoms with E-state index in [4.69, 9.17) is 16.7 Å². The van der Waals surface area contributed by atoms with Crippen LogP contribution in [0.1, 0.15) is 17.9 Å². The van der Waals surface area contributed by atoms with Gasteiger partial charge in [0, 0.05) is 18.5 Å². The zero-order valence-corrected chi connectivity index (χ0v) is 9.49. The van der Waals surface area contributed by atoms with E-state index in [1.54, 1.807) is 24.3 Å². The molecule has 1 unspecified atom stereocenters. The Morgan fingerprint density at radius 1 is 1.44 bits per heavy atom. The molecule has 2 N–H and O–H groups in total. The Morgan fingerprint density at radius 2 is 2.06 bits per heavy atom. The van der Waals surface area contributed by atoms with Gasteiger partial charge in [0.1, 0.15) is 0 Å². The second kappa shape index (κ2) is 5.51. The lowest BCUT2D eigenvalue weighted by Crippen LogP contribution is -2.24. The summed E-state index contributed by atoms with van der Waals surface area (Å²) in [6, 6.07) is 6.63. The van der Waals surface area contributed by atoms with Gasteiger partial charge in [-0.05, 0) is 11.6 Å². The number of nitrogens with one attached hydrogen (secondary N) is 1. The third-order valence-electron chi connectivity index (χ3n) is 2.25. The molecular weight excluding hydrogens is 230 g/mol. The van der Waals surface area contributed by atoms with E-state index in [1.807, 2.05) is 0 Å². The Hall–Kier alpha value is -1.55. The molecule has 0 radical (unpaired) electrons. The first kappa shape index (κ1) is 12.5. The molecule has 0 saturated heterocycles. The molecule has 0 aliphatic heterocycles. The first-order valence-corrected chi connectivity index (χ1v) is 5.12. The second-order valence-corrected chi connectivity index (χ2v) is 3.70. The van der Waals surface area contributed by atoms with Gasteiger partial charge in [-0.15, -0.1) is 0 Å². The number of hydrogen-bond acceptors (Lipinski definition) is 2. The molecule has 1 aromatic carbocycles. The van der Waals surface area contributed by atoms with Gasteiger partial charge in [0.05, 0.1) is 5.92 Å². The van der Waals surface area contributed by atoms with Gasteiger partial charge in [0.25, 0.3) is 0 Å². The van der Waals surface area contributed by atoms with E-state index in [2.05, 4.69) is 5.32 Å². The summed E-state index contributed by atoms with van der Waals surface area (Å²) in [5.74, 6) is -2.29. The maximum atomic E-state index is 11.2. The lowest BCUT2D eigenvalue weighted by Gasteiger charge is -2.13. The van der Waals surface area contributed by atoms with Gasteiger partial charge in [-0.3, -0.25) is 9.59 Å². The molecule has 0 spiro atoms. The fraction of sp³-hybridized carbons (Fsp3) is 0.273. The molecule has 0 aliphatic carbocycles. The van der Waals surface area contributed by atoms with Crippen LogP contribution >= 0.6 is 11.6 Å². The molecule has 1 amide bonds. The van der Waals surface area contributed by atoms with Gasteiger partial charge in [-0.25, -0.2) is 0 Å². The minimum absolute atomic E-state index is 0.116. The van der Waals surface area contributed by atoms with E-state index in [9.17, 15) is 9.59 Å². The van der Waals surface area contributed by atoms with Crippen LogP contribution in [0.2, 0.25) is 5.02 Å². The Bertz CT molecular complexity index is 406. The normalized spacial score (nSPS) is 11.9. The van der Waals surface area contributed by atoms with Crippen molar-refractivity contribution in [3.63, 3.8) is 0 Å². The minimum atomic E-state index is -1.06. The average Bonchev–Trinajstić information content (AvgIpc) is 2.26. The molecule has 16 heavy (non-hydrogen) atoms. The molecule has 0 heterocycles. The van der Waals surface area contributed by atoms with Crippen molar-refractivity contribution in [3.8, 4) is 0 Å². The van der Waals surface area contributed by atoms with Crippen LogP contribution < -0.4 is 5.32 Å². The number of rotatable bonds is 4. The van der Waals surface area contributed by atoms with Crippen LogP contribution in [0.25, 0.3) is 0 Å². The van der Waals surface area contributed by atoms with E-state index >= 15 is 0 Å².